The maximum atomic E-state index is 11.2. The molecule has 12 heteroatoms. The maximum absolute atomic E-state index is 11.2. The van der Waals surface area contributed by atoms with E-state index in [4.69, 9.17) is 19.4 Å². The topological polar surface area (TPSA) is 187 Å². The Morgan fingerprint density at radius 1 is 0.469 bits per heavy atom. The average Bonchev–Trinajstić information content (AvgIpc) is 4.00. The van der Waals surface area contributed by atoms with Gasteiger partial charge in [-0.2, -0.15) is 5.26 Å². The molecule has 12 aromatic rings. The van der Waals surface area contributed by atoms with Crippen molar-refractivity contribution in [2.45, 2.75) is 0 Å². The van der Waals surface area contributed by atoms with E-state index < -0.39 is 34.3 Å². The Balaban J connectivity index is 1.20. The summed E-state index contributed by atoms with van der Waals surface area (Å²) < 4.78 is 10.5. The van der Waals surface area contributed by atoms with Gasteiger partial charge in [-0.1, -0.05) is 78.9 Å². The summed E-state index contributed by atoms with van der Waals surface area (Å²) >= 11 is 0. The lowest BCUT2D eigenvalue weighted by Crippen LogP contribution is -2.04. The largest absolute Gasteiger partial charge is 0.504 e. The minimum absolute atomic E-state index is 0.0277. The Bertz CT molecular complexity index is 3960. The number of hydrogen-bond acceptors (Lipinski definition) is 10. The number of para-hydroxylation sites is 4. The molecule has 0 radical (unpaired) electrons. The molecule has 12 rings (SSSR count). The van der Waals surface area contributed by atoms with Crippen LogP contribution < -0.4 is 0 Å². The summed E-state index contributed by atoms with van der Waals surface area (Å²) in [6.45, 7) is 0. The monoisotopic (exact) mass is 834 g/mol. The second-order valence-electron chi connectivity index (χ2n) is 15.5. The predicted molar refractivity (Wildman–Crippen MR) is 245 cm³/mol. The molecule has 304 valence electrons. The van der Waals surface area contributed by atoms with Crippen LogP contribution in [0, 0.1) is 11.3 Å². The Hall–Kier alpha value is -9.34. The Morgan fingerprint density at radius 2 is 1.09 bits per heavy atom. The molecule has 0 aliphatic rings. The van der Waals surface area contributed by atoms with Gasteiger partial charge in [0.05, 0.1) is 39.4 Å². The van der Waals surface area contributed by atoms with Gasteiger partial charge < -0.3 is 39.1 Å². The third kappa shape index (κ3) is 5.18. The first-order chi connectivity index (χ1) is 31.3. The van der Waals surface area contributed by atoms with Gasteiger partial charge in [-0.25, -0.2) is 15.0 Å². The van der Waals surface area contributed by atoms with Gasteiger partial charge in [-0.15, -0.1) is 0 Å². The molecule has 0 spiro atoms. The molecule has 0 saturated carbocycles. The van der Waals surface area contributed by atoms with Gasteiger partial charge in [-0.05, 0) is 72.8 Å². The highest BCUT2D eigenvalue weighted by atomic mass is 16.4. The highest BCUT2D eigenvalue weighted by molar-refractivity contribution is 6.26. The molecule has 0 unspecified atom stereocenters. The van der Waals surface area contributed by atoms with Gasteiger partial charge in [0.2, 0.25) is 17.2 Å². The first-order valence-corrected chi connectivity index (χ1v) is 20.2. The molecule has 0 amide bonds. The molecule has 0 bridgehead atoms. The fourth-order valence-electron chi connectivity index (χ4n) is 9.09. The van der Waals surface area contributed by atoms with Crippen LogP contribution in [0.2, 0.25) is 0 Å². The van der Waals surface area contributed by atoms with Gasteiger partial charge in [0.25, 0.3) is 0 Å². The zero-order valence-electron chi connectivity index (χ0n) is 33.3. The van der Waals surface area contributed by atoms with Crippen molar-refractivity contribution in [3.63, 3.8) is 0 Å². The molecule has 0 aliphatic carbocycles. The SMILES string of the molecule is N#Cc1ccc(-n2c3ccccc3c3ccc4c(c5ccccc5n4-c4ccccc4)c32)c(-c2nc(-c3ccc4oc5ccccc5c4c3)nc(-c3c(O)c(O)c(O)c(O)c3O)n2)c1. The Labute approximate surface area is 361 Å². The van der Waals surface area contributed by atoms with Crippen molar-refractivity contribution in [3.05, 3.63) is 157 Å². The van der Waals surface area contributed by atoms with E-state index in [2.05, 4.69) is 57.7 Å². The fraction of sp³-hybridized carbons (Fsp3) is 0. The molecular weight excluding hydrogens is 805 g/mol. The number of aromatic hydroxyl groups is 5. The van der Waals surface area contributed by atoms with Crippen LogP contribution in [-0.2, 0) is 0 Å². The van der Waals surface area contributed by atoms with Crippen molar-refractivity contribution in [3.8, 4) is 80.4 Å². The van der Waals surface area contributed by atoms with E-state index in [1.165, 1.54) is 0 Å². The lowest BCUT2D eigenvalue weighted by molar-refractivity contribution is 0.329. The normalized spacial score (nSPS) is 11.7. The zero-order valence-corrected chi connectivity index (χ0v) is 33.3. The fourth-order valence-corrected chi connectivity index (χ4v) is 9.09. The van der Waals surface area contributed by atoms with Gasteiger partial charge >= 0.3 is 0 Å². The standard InChI is InChI=1S/C52H30N6O6/c53-26-27-18-21-38(58-36-15-7-4-12-30(36)32-20-22-39-42(44(32)58)33-14-5-8-16-37(33)57(39)29-10-2-1-3-11-29)35(24-27)51-54-50(28-19-23-41-34(25-28)31-13-6-9-17-40(31)64-41)55-52(56-51)43-45(59)47(61)49(63)48(62)46(43)60/h1-25,59-63H. The van der Waals surface area contributed by atoms with E-state index in [0.717, 1.165) is 60.1 Å². The second kappa shape index (κ2) is 13.6. The number of hydrogen-bond donors (Lipinski definition) is 5. The van der Waals surface area contributed by atoms with Crippen LogP contribution in [0.4, 0.5) is 0 Å². The molecule has 64 heavy (non-hydrogen) atoms. The smallest absolute Gasteiger partial charge is 0.208 e. The average molecular weight is 835 g/mol. The summed E-state index contributed by atoms with van der Waals surface area (Å²) in [5, 5.41) is 70.2. The summed E-state index contributed by atoms with van der Waals surface area (Å²) in [4.78, 5) is 14.5. The number of phenolic OH excluding ortho intramolecular Hbond substituents is 5. The van der Waals surface area contributed by atoms with Crippen LogP contribution in [0.3, 0.4) is 0 Å². The van der Waals surface area contributed by atoms with Crippen LogP contribution in [0.25, 0.3) is 111 Å². The molecule has 5 N–H and O–H groups in total. The van der Waals surface area contributed by atoms with Crippen molar-refractivity contribution >= 4 is 65.6 Å². The number of fused-ring (bicyclic) bond motifs is 10. The molecule has 12 nitrogen and oxygen atoms in total. The molecule has 0 fully saturated rings. The summed E-state index contributed by atoms with van der Waals surface area (Å²) in [7, 11) is 0. The third-order valence-electron chi connectivity index (χ3n) is 12.0. The minimum Gasteiger partial charge on any atom is -0.504 e. The van der Waals surface area contributed by atoms with Crippen LogP contribution in [-0.4, -0.2) is 49.6 Å². The number of aromatic nitrogens is 5. The highest BCUT2D eigenvalue weighted by Gasteiger charge is 2.29. The number of furan rings is 1. The van der Waals surface area contributed by atoms with E-state index in [9.17, 15) is 30.8 Å². The summed E-state index contributed by atoms with van der Waals surface area (Å²) in [5.41, 5.74) is 7.28. The number of nitriles is 1. The second-order valence-corrected chi connectivity index (χ2v) is 15.5. The van der Waals surface area contributed by atoms with Gasteiger partial charge in [0, 0.05) is 49.1 Å². The molecule has 4 heterocycles. The van der Waals surface area contributed by atoms with Crippen molar-refractivity contribution in [1.82, 2.24) is 24.1 Å². The summed E-state index contributed by atoms with van der Waals surface area (Å²) in [5.74, 6) is -5.48. The van der Waals surface area contributed by atoms with Gasteiger partial charge in [0.1, 0.15) is 16.7 Å². The molecule has 8 aromatic carbocycles. The van der Waals surface area contributed by atoms with Crippen molar-refractivity contribution in [2.24, 2.45) is 0 Å². The van der Waals surface area contributed by atoms with Crippen LogP contribution >= 0.6 is 0 Å². The van der Waals surface area contributed by atoms with E-state index >= 15 is 0 Å². The predicted octanol–water partition coefficient (Wildman–Crippen LogP) is 11.4. The quantitative estimate of drug-likeness (QED) is 0.0825. The lowest BCUT2D eigenvalue weighted by Gasteiger charge is -2.16. The van der Waals surface area contributed by atoms with E-state index in [1.54, 1.807) is 24.3 Å². The Kier molecular flexibility index (Phi) is 7.75. The third-order valence-corrected chi connectivity index (χ3v) is 12.0. The number of phenols is 5. The van der Waals surface area contributed by atoms with Crippen LogP contribution in [0.1, 0.15) is 5.56 Å². The number of rotatable bonds is 5. The molecule has 0 aliphatic heterocycles. The van der Waals surface area contributed by atoms with Crippen molar-refractivity contribution in [1.29, 1.82) is 5.26 Å². The molecule has 0 atom stereocenters. The summed E-state index contributed by atoms with van der Waals surface area (Å²) in [6.07, 6.45) is 0. The summed E-state index contributed by atoms with van der Waals surface area (Å²) in [6, 6.07) is 51.3. The zero-order chi connectivity index (χ0) is 43.4. The van der Waals surface area contributed by atoms with Crippen LogP contribution in [0.5, 0.6) is 28.7 Å². The lowest BCUT2D eigenvalue weighted by atomic mass is 10.1. The minimum atomic E-state index is -1.12. The van der Waals surface area contributed by atoms with Gasteiger partial charge in [0.15, 0.2) is 29.0 Å². The first-order valence-electron chi connectivity index (χ1n) is 20.2. The molecular formula is C52H30N6O6. The van der Waals surface area contributed by atoms with Crippen LogP contribution in [0.15, 0.2) is 156 Å². The van der Waals surface area contributed by atoms with Crippen molar-refractivity contribution in [2.75, 3.05) is 0 Å². The molecule has 0 saturated heterocycles. The first kappa shape index (κ1) is 36.5. The number of benzene rings is 8. The van der Waals surface area contributed by atoms with Crippen molar-refractivity contribution < 1.29 is 29.9 Å². The van der Waals surface area contributed by atoms with E-state index in [1.807, 2.05) is 84.9 Å². The molecule has 4 aromatic heterocycles. The van der Waals surface area contributed by atoms with Gasteiger partial charge in [-0.3, -0.25) is 0 Å². The Morgan fingerprint density at radius 3 is 1.86 bits per heavy atom. The maximum Gasteiger partial charge on any atom is 0.208 e. The highest BCUT2D eigenvalue weighted by Crippen LogP contribution is 2.54. The van der Waals surface area contributed by atoms with E-state index in [-0.39, 0.29) is 17.5 Å². The van der Waals surface area contributed by atoms with E-state index in [0.29, 0.717) is 33.5 Å². The number of nitrogens with zero attached hydrogens (tertiary/aromatic N) is 6.